The van der Waals surface area contributed by atoms with Gasteiger partial charge in [0.15, 0.2) is 5.50 Å². The number of halogens is 2. The molecule has 9 nitrogen and oxygen atoms in total. The van der Waals surface area contributed by atoms with Crippen LogP contribution in [0.4, 0.5) is 11.4 Å². The third-order valence-corrected chi connectivity index (χ3v) is 12.7. The summed E-state index contributed by atoms with van der Waals surface area (Å²) in [6.07, 6.45) is 0. The van der Waals surface area contributed by atoms with Crippen molar-refractivity contribution in [2.24, 2.45) is 4.15 Å². The Bertz CT molecular complexity index is 1900. The van der Waals surface area contributed by atoms with Gasteiger partial charge in [-0.2, -0.15) is 8.42 Å². The largest absolute Gasteiger partial charge is 0.456 e. The maximum atomic E-state index is 14.0. The average Bonchev–Trinajstić information content (AvgIpc) is 3.46. The molecule has 0 fully saturated rings. The Labute approximate surface area is 260 Å². The molecule has 3 aromatic carbocycles. The van der Waals surface area contributed by atoms with Crippen LogP contribution in [0.15, 0.2) is 113 Å². The van der Waals surface area contributed by atoms with Gasteiger partial charge in [-0.25, -0.2) is 0 Å². The molecule has 4 aromatic rings. The topological polar surface area (TPSA) is 115 Å². The van der Waals surface area contributed by atoms with Gasteiger partial charge in [0.25, 0.3) is 15.7 Å². The van der Waals surface area contributed by atoms with E-state index >= 15 is 0 Å². The average molecular weight is 735 g/mol. The molecule has 0 N–H and O–H groups in total. The first kappa shape index (κ1) is 30.3. The van der Waals surface area contributed by atoms with Crippen LogP contribution in [0, 0.1) is 17.0 Å². The summed E-state index contributed by atoms with van der Waals surface area (Å²) in [5.74, 6) is 2.69. The lowest BCUT2D eigenvalue weighted by molar-refractivity contribution is -0.384. The van der Waals surface area contributed by atoms with E-state index in [9.17, 15) is 18.5 Å². The molecule has 0 spiro atoms. The highest BCUT2D eigenvalue weighted by Gasteiger charge is 2.42. The van der Waals surface area contributed by atoms with Gasteiger partial charge in [0.1, 0.15) is 11.5 Å². The molecule has 0 saturated heterocycles. The summed E-state index contributed by atoms with van der Waals surface area (Å²) in [6, 6.07) is 21.3. The Morgan fingerprint density at radius 1 is 1.05 bits per heavy atom. The van der Waals surface area contributed by atoms with Crippen molar-refractivity contribution in [1.29, 1.82) is 0 Å². The zero-order valence-electron chi connectivity index (χ0n) is 23.0. The lowest BCUT2D eigenvalue weighted by Gasteiger charge is -2.28. The van der Waals surface area contributed by atoms with E-state index in [1.807, 2.05) is 36.2 Å². The summed E-state index contributed by atoms with van der Waals surface area (Å²) in [7, 11) is -6.22. The number of aryl methyl sites for hydroxylation is 1. The molecule has 1 aliphatic rings. The summed E-state index contributed by atoms with van der Waals surface area (Å²) >= 11 is 6.99. The van der Waals surface area contributed by atoms with Gasteiger partial charge in [-0.15, -0.1) is 4.15 Å². The molecule has 0 amide bonds. The number of allylic oxidation sites excluding steroid dienone is 1. The number of furan rings is 1. The second-order valence-corrected chi connectivity index (χ2v) is 16.2. The van der Waals surface area contributed by atoms with Gasteiger partial charge >= 0.3 is 0 Å². The molecule has 218 valence electrons. The quantitative estimate of drug-likeness (QED) is 0.106. The first-order valence-electron chi connectivity index (χ1n) is 12.6. The second kappa shape index (κ2) is 11.1. The fraction of sp³-hybridized carbons (Fsp3) is 0.172. The third kappa shape index (κ3) is 5.60. The Kier molecular flexibility index (Phi) is 8.04. The van der Waals surface area contributed by atoms with Crippen LogP contribution < -0.4 is 14.9 Å². The predicted molar refractivity (Wildman–Crippen MR) is 171 cm³/mol. The Hall–Kier alpha value is -3.18. The molecule has 0 radical (unpaired) electrons. The normalized spacial score (nSPS) is 16.6. The number of non-ortho nitro benzene ring substituents is 1. The van der Waals surface area contributed by atoms with Crippen LogP contribution in [0.5, 0.6) is 5.75 Å². The molecular weight excluding hydrogens is 709 g/mol. The summed E-state index contributed by atoms with van der Waals surface area (Å²) in [5, 5.41) is 11.2. The standard InChI is InChI=1S/C29H26Br2N3O6PS/c1-19-9-16-28(39-19)41(40-26-15-10-20(30)17-24(26)31,32-42(37,38)22-13-11-21(12-14-22)34(35)36)18-27-29(2,3)23-7-5-6-8-25(23)33(27)4/h5-18H,1-4H3/b27-18-/t41-/m0/s1. The van der Waals surface area contributed by atoms with Crippen LogP contribution in [0.25, 0.3) is 0 Å². The number of hydrogen-bond acceptors (Lipinski definition) is 7. The van der Waals surface area contributed by atoms with Gasteiger partial charge in [-0.05, 0) is 76.9 Å². The van der Waals surface area contributed by atoms with Crippen LogP contribution in [0.1, 0.15) is 25.2 Å². The number of nitro groups is 1. The van der Waals surface area contributed by atoms with E-state index in [0.717, 1.165) is 33.6 Å². The highest BCUT2D eigenvalue weighted by Crippen LogP contribution is 2.59. The number of nitrogens with zero attached hydrogens (tertiary/aromatic N) is 3. The molecule has 1 aliphatic heterocycles. The molecule has 0 bridgehead atoms. The highest BCUT2D eigenvalue weighted by molar-refractivity contribution is 9.11. The Morgan fingerprint density at radius 3 is 2.33 bits per heavy atom. The lowest BCUT2D eigenvalue weighted by Crippen LogP contribution is -2.24. The Balaban J connectivity index is 1.83. The summed E-state index contributed by atoms with van der Waals surface area (Å²) in [5.41, 5.74) is 2.29. The fourth-order valence-corrected chi connectivity index (χ4v) is 11.0. The molecule has 2 heterocycles. The smallest absolute Gasteiger partial charge is 0.284 e. The molecule has 0 unspecified atom stereocenters. The molecule has 0 saturated carbocycles. The van der Waals surface area contributed by atoms with Crippen LogP contribution in [0.3, 0.4) is 0 Å². The van der Waals surface area contributed by atoms with Crippen LogP contribution in [0.2, 0.25) is 0 Å². The zero-order chi connectivity index (χ0) is 30.4. The second-order valence-electron chi connectivity index (χ2n) is 10.2. The maximum Gasteiger partial charge on any atom is 0.284 e. The van der Waals surface area contributed by atoms with Crippen molar-refractivity contribution in [1.82, 2.24) is 0 Å². The minimum absolute atomic E-state index is 0.208. The molecule has 42 heavy (non-hydrogen) atoms. The summed E-state index contributed by atoms with van der Waals surface area (Å²) in [4.78, 5) is 12.4. The third-order valence-electron chi connectivity index (χ3n) is 6.99. The van der Waals surface area contributed by atoms with E-state index in [1.165, 1.54) is 12.1 Å². The van der Waals surface area contributed by atoms with Crippen LogP contribution in [-0.4, -0.2) is 20.4 Å². The monoisotopic (exact) mass is 733 g/mol. The van der Waals surface area contributed by atoms with Crippen molar-refractivity contribution < 1.29 is 22.3 Å². The number of nitro benzene ring substituents is 1. The first-order valence-corrected chi connectivity index (χ1v) is 17.4. The number of sulfonamides is 1. The SMILES string of the molecule is Cc1ccc([P@@](/C=C2\N(C)c3ccccc3C2(C)C)(=NS(=O)(=O)c2ccc([N+](=O)[O-])cc2)Oc2ccc(Br)cc2Br)o1. The first-order chi connectivity index (χ1) is 19.7. The van der Waals surface area contributed by atoms with Gasteiger partial charge in [-0.3, -0.25) is 10.1 Å². The highest BCUT2D eigenvalue weighted by atomic mass is 79.9. The van der Waals surface area contributed by atoms with Gasteiger partial charge < -0.3 is 13.8 Å². The van der Waals surface area contributed by atoms with Crippen molar-refractivity contribution in [2.45, 2.75) is 31.1 Å². The number of benzene rings is 3. The molecule has 13 heteroatoms. The van der Waals surface area contributed by atoms with Crippen molar-refractivity contribution >= 4 is 66.0 Å². The molecular formula is C29H26Br2N3O6PS. The summed E-state index contributed by atoms with van der Waals surface area (Å²) < 4.78 is 46.6. The summed E-state index contributed by atoms with van der Waals surface area (Å²) in [6.45, 7) is 5.88. The maximum absolute atomic E-state index is 14.0. The van der Waals surface area contributed by atoms with E-state index in [4.69, 9.17) is 8.94 Å². The molecule has 1 atom stereocenters. The van der Waals surface area contributed by atoms with Crippen molar-refractivity contribution in [3.05, 3.63) is 121 Å². The minimum atomic E-state index is -4.43. The van der Waals surface area contributed by atoms with Gasteiger partial charge in [-0.1, -0.05) is 48.0 Å². The van der Waals surface area contributed by atoms with Crippen molar-refractivity contribution in [2.75, 3.05) is 11.9 Å². The Morgan fingerprint density at radius 2 is 1.74 bits per heavy atom. The van der Waals surface area contributed by atoms with E-state index in [-0.39, 0.29) is 16.1 Å². The van der Waals surface area contributed by atoms with Crippen molar-refractivity contribution in [3.8, 4) is 5.75 Å². The molecule has 0 aliphatic carbocycles. The van der Waals surface area contributed by atoms with Gasteiger partial charge in [0, 0.05) is 46.3 Å². The molecule has 1 aromatic heterocycles. The number of rotatable bonds is 7. The number of fused-ring (bicyclic) bond motifs is 1. The zero-order valence-corrected chi connectivity index (χ0v) is 27.9. The number of para-hydroxylation sites is 1. The molecule has 5 rings (SSSR count). The van der Waals surface area contributed by atoms with E-state index in [2.05, 4.69) is 49.9 Å². The number of hydrogen-bond donors (Lipinski definition) is 0. The fourth-order valence-electron chi connectivity index (χ4n) is 4.85. The number of anilines is 1. The van der Waals surface area contributed by atoms with E-state index < -0.39 is 27.6 Å². The number of likely N-dealkylation sites (N-methyl/N-ethyl adjacent to an activating group) is 1. The van der Waals surface area contributed by atoms with Crippen molar-refractivity contribution in [3.63, 3.8) is 0 Å². The minimum Gasteiger partial charge on any atom is -0.456 e. The van der Waals surface area contributed by atoms with Crippen LogP contribution in [-0.2, 0) is 15.4 Å². The van der Waals surface area contributed by atoms with Gasteiger partial charge in [0.05, 0.1) is 14.3 Å². The van der Waals surface area contributed by atoms with E-state index in [1.54, 1.807) is 43.1 Å². The van der Waals surface area contributed by atoms with E-state index in [0.29, 0.717) is 16.0 Å². The predicted octanol–water partition coefficient (Wildman–Crippen LogP) is 8.50. The lowest BCUT2D eigenvalue weighted by atomic mass is 9.84. The van der Waals surface area contributed by atoms with Crippen LogP contribution >= 0.6 is 39.1 Å². The van der Waals surface area contributed by atoms with Gasteiger partial charge in [0.2, 0.25) is 7.28 Å².